The van der Waals surface area contributed by atoms with E-state index in [-0.39, 0.29) is 15.7 Å². The Morgan fingerprint density at radius 1 is 1.09 bits per heavy atom. The van der Waals surface area contributed by atoms with Crippen LogP contribution >= 0.6 is 46.4 Å². The molecule has 0 N–H and O–H groups in total. The van der Waals surface area contributed by atoms with Crippen LogP contribution in [-0.4, -0.2) is 13.1 Å². The van der Waals surface area contributed by atoms with Crippen LogP contribution in [-0.2, 0) is 14.5 Å². The summed E-state index contributed by atoms with van der Waals surface area (Å²) in [5.41, 5.74) is 0.557. The summed E-state index contributed by atoms with van der Waals surface area (Å²) in [5, 5.41) is 8.58. The van der Waals surface area contributed by atoms with Gasteiger partial charge in [-0.05, 0) is 12.1 Å². The van der Waals surface area contributed by atoms with Crippen LogP contribution in [0.1, 0.15) is 5.56 Å². The Morgan fingerprint density at radius 3 is 2.17 bits per heavy atom. The smallest absolute Gasteiger partial charge is 0.356 e. The van der Waals surface area contributed by atoms with Gasteiger partial charge < -0.3 is 4.74 Å². The number of benzene rings is 2. The molecule has 23 heavy (non-hydrogen) atoms. The van der Waals surface area contributed by atoms with Crippen LogP contribution in [0.5, 0.6) is 0 Å². The molecular weight excluding hydrogens is 382 g/mol. The molecule has 0 bridgehead atoms. The quantitative estimate of drug-likeness (QED) is 0.278. The standard InChI is InChI=1S/C15H10Cl4N2O2/c1-23-14(22)15(19,9-5-3-2-4-6-9)21-20-13-11(17)7-10(16)8-12(13)18/h2-8H,1H3/b21-20+. The van der Waals surface area contributed by atoms with Crippen molar-refractivity contribution in [2.45, 2.75) is 5.00 Å². The van der Waals surface area contributed by atoms with Gasteiger partial charge in [0.25, 0.3) is 5.00 Å². The molecule has 8 heteroatoms. The molecule has 4 nitrogen and oxygen atoms in total. The van der Waals surface area contributed by atoms with Crippen molar-refractivity contribution in [1.82, 2.24) is 0 Å². The zero-order valence-electron chi connectivity index (χ0n) is 11.8. The van der Waals surface area contributed by atoms with E-state index >= 15 is 0 Å². The molecular formula is C15H10Cl4N2O2. The number of carbonyl (C=O) groups is 1. The largest absolute Gasteiger partial charge is 0.466 e. The third kappa shape index (κ3) is 3.96. The molecule has 2 aromatic rings. The van der Waals surface area contributed by atoms with Gasteiger partial charge in [0.05, 0.1) is 17.2 Å². The fourth-order valence-corrected chi connectivity index (χ4v) is 2.89. The summed E-state index contributed by atoms with van der Waals surface area (Å²) in [6.45, 7) is 0. The Bertz CT molecular complexity index is 729. The highest BCUT2D eigenvalue weighted by atomic mass is 35.5. The maximum atomic E-state index is 12.1. The summed E-state index contributed by atoms with van der Waals surface area (Å²) in [5.74, 6) is -0.782. The number of carbonyl (C=O) groups excluding carboxylic acids is 1. The van der Waals surface area contributed by atoms with Gasteiger partial charge in [-0.1, -0.05) is 76.7 Å². The summed E-state index contributed by atoms with van der Waals surface area (Å²) < 4.78 is 4.73. The van der Waals surface area contributed by atoms with Crippen LogP contribution in [0.4, 0.5) is 5.69 Å². The maximum absolute atomic E-state index is 12.1. The molecule has 0 spiro atoms. The van der Waals surface area contributed by atoms with E-state index < -0.39 is 11.0 Å². The summed E-state index contributed by atoms with van der Waals surface area (Å²) in [6, 6.07) is 11.4. The van der Waals surface area contributed by atoms with E-state index in [4.69, 9.17) is 51.1 Å². The van der Waals surface area contributed by atoms with Crippen LogP contribution in [0, 0.1) is 0 Å². The molecule has 0 amide bonds. The van der Waals surface area contributed by atoms with Crippen LogP contribution in [0.15, 0.2) is 52.7 Å². The molecule has 0 saturated heterocycles. The molecule has 0 heterocycles. The van der Waals surface area contributed by atoms with Gasteiger partial charge in [0, 0.05) is 10.6 Å². The van der Waals surface area contributed by atoms with E-state index in [1.54, 1.807) is 30.3 Å². The monoisotopic (exact) mass is 390 g/mol. The van der Waals surface area contributed by atoms with E-state index in [0.29, 0.717) is 10.6 Å². The SMILES string of the molecule is COC(=O)C(Cl)(/N=N/c1c(Cl)cc(Cl)cc1Cl)c1ccccc1. The molecule has 0 saturated carbocycles. The Balaban J connectivity index is 2.50. The maximum Gasteiger partial charge on any atom is 0.356 e. The summed E-state index contributed by atoms with van der Waals surface area (Å²) in [7, 11) is 1.21. The van der Waals surface area contributed by atoms with E-state index in [2.05, 4.69) is 10.2 Å². The first-order chi connectivity index (χ1) is 10.9. The minimum Gasteiger partial charge on any atom is -0.466 e. The first-order valence-corrected chi connectivity index (χ1v) is 7.80. The van der Waals surface area contributed by atoms with Crippen molar-refractivity contribution >= 4 is 58.1 Å². The second-order valence-corrected chi connectivity index (χ2v) is 6.20. The fraction of sp³-hybridized carbons (Fsp3) is 0.133. The van der Waals surface area contributed by atoms with Crippen molar-refractivity contribution in [3.63, 3.8) is 0 Å². The number of rotatable bonds is 4. The number of azo groups is 1. The van der Waals surface area contributed by atoms with E-state index in [1.165, 1.54) is 19.2 Å². The Labute approximate surface area is 153 Å². The molecule has 0 aliphatic heterocycles. The van der Waals surface area contributed by atoms with Crippen molar-refractivity contribution in [3.05, 3.63) is 63.1 Å². The van der Waals surface area contributed by atoms with Gasteiger partial charge in [-0.3, -0.25) is 0 Å². The van der Waals surface area contributed by atoms with Gasteiger partial charge >= 0.3 is 5.97 Å². The minimum atomic E-state index is -1.84. The molecule has 0 radical (unpaired) electrons. The van der Waals surface area contributed by atoms with E-state index in [9.17, 15) is 4.79 Å². The van der Waals surface area contributed by atoms with Crippen molar-refractivity contribution in [2.24, 2.45) is 10.2 Å². The summed E-state index contributed by atoms with van der Waals surface area (Å²) in [4.78, 5) is 10.2. The Morgan fingerprint density at radius 2 is 1.65 bits per heavy atom. The minimum absolute atomic E-state index is 0.155. The van der Waals surface area contributed by atoms with Crippen molar-refractivity contribution < 1.29 is 9.53 Å². The first-order valence-electron chi connectivity index (χ1n) is 6.29. The lowest BCUT2D eigenvalue weighted by atomic mass is 10.1. The average Bonchev–Trinajstić information content (AvgIpc) is 2.53. The summed E-state index contributed by atoms with van der Waals surface area (Å²) in [6.07, 6.45) is 0. The normalized spacial score (nSPS) is 13.8. The lowest BCUT2D eigenvalue weighted by Gasteiger charge is -2.18. The van der Waals surface area contributed by atoms with Crippen molar-refractivity contribution in [1.29, 1.82) is 0 Å². The Kier molecular flexibility index (Phi) is 5.87. The predicted octanol–water partition coefficient (Wildman–Crippen LogP) is 6.00. The molecule has 1 atom stereocenters. The number of hydrogen-bond donors (Lipinski definition) is 0. The van der Waals surface area contributed by atoms with Crippen LogP contribution in [0.3, 0.4) is 0 Å². The Hall–Kier alpha value is -1.33. The zero-order chi connectivity index (χ0) is 17.0. The first kappa shape index (κ1) is 18.0. The number of alkyl halides is 1. The lowest BCUT2D eigenvalue weighted by Crippen LogP contribution is -2.28. The number of hydrogen-bond acceptors (Lipinski definition) is 4. The number of ether oxygens (including phenoxy) is 1. The zero-order valence-corrected chi connectivity index (χ0v) is 14.8. The van der Waals surface area contributed by atoms with Gasteiger partial charge in [0.1, 0.15) is 5.69 Å². The average molecular weight is 392 g/mol. The fourth-order valence-electron chi connectivity index (χ4n) is 1.76. The van der Waals surface area contributed by atoms with Crippen molar-refractivity contribution in [2.75, 3.05) is 7.11 Å². The van der Waals surface area contributed by atoms with Crippen molar-refractivity contribution in [3.8, 4) is 0 Å². The molecule has 1 unspecified atom stereocenters. The highest BCUT2D eigenvalue weighted by molar-refractivity contribution is 6.41. The molecule has 0 aliphatic carbocycles. The van der Waals surface area contributed by atoms with Gasteiger partial charge in [-0.25, -0.2) is 4.79 Å². The van der Waals surface area contributed by atoms with Gasteiger partial charge in [-0.15, -0.1) is 5.11 Å². The van der Waals surface area contributed by atoms with Gasteiger partial charge in [0.2, 0.25) is 0 Å². The number of methoxy groups -OCH3 is 1. The number of nitrogens with zero attached hydrogens (tertiary/aromatic N) is 2. The molecule has 2 aromatic carbocycles. The third-order valence-electron chi connectivity index (χ3n) is 2.88. The van der Waals surface area contributed by atoms with Crippen LogP contribution < -0.4 is 0 Å². The van der Waals surface area contributed by atoms with E-state index in [1.807, 2.05) is 0 Å². The predicted molar refractivity (Wildman–Crippen MR) is 92.0 cm³/mol. The molecule has 0 aromatic heterocycles. The topological polar surface area (TPSA) is 51.0 Å². The summed E-state index contributed by atoms with van der Waals surface area (Å²) >= 11 is 24.3. The number of esters is 1. The van der Waals surface area contributed by atoms with Gasteiger partial charge in [-0.2, -0.15) is 5.11 Å². The molecule has 0 aliphatic rings. The lowest BCUT2D eigenvalue weighted by molar-refractivity contribution is -0.144. The molecule has 0 fully saturated rings. The van der Waals surface area contributed by atoms with E-state index in [0.717, 1.165) is 0 Å². The van der Waals surface area contributed by atoms with Gasteiger partial charge in [0.15, 0.2) is 0 Å². The molecule has 120 valence electrons. The third-order valence-corrected chi connectivity index (χ3v) is 4.12. The second-order valence-electron chi connectivity index (χ2n) is 4.40. The number of halogens is 4. The second kappa shape index (κ2) is 7.49. The highest BCUT2D eigenvalue weighted by Crippen LogP contribution is 2.39. The molecule has 2 rings (SSSR count). The van der Waals surface area contributed by atoms with Crippen LogP contribution in [0.2, 0.25) is 15.1 Å². The highest BCUT2D eigenvalue weighted by Gasteiger charge is 2.40. The van der Waals surface area contributed by atoms with Crippen LogP contribution in [0.25, 0.3) is 0 Å².